The van der Waals surface area contributed by atoms with Crippen LogP contribution in [0.25, 0.3) is 0 Å². The van der Waals surface area contributed by atoms with Gasteiger partial charge in [-0.2, -0.15) is 4.98 Å². The number of methoxy groups -OCH3 is 1. The van der Waals surface area contributed by atoms with Gasteiger partial charge in [-0.05, 0) is 24.6 Å². The largest absolute Gasteiger partial charge is 0.507 e. The molecule has 0 saturated heterocycles. The molecule has 1 amide bonds. The molecule has 2 rings (SSSR count). The van der Waals surface area contributed by atoms with Crippen molar-refractivity contribution in [1.29, 1.82) is 0 Å². The van der Waals surface area contributed by atoms with Crippen LogP contribution >= 0.6 is 11.6 Å². The third-order valence-electron chi connectivity index (χ3n) is 2.50. The molecule has 1 aromatic heterocycles. The van der Waals surface area contributed by atoms with Crippen molar-refractivity contribution < 1.29 is 14.6 Å². The predicted octanol–water partition coefficient (Wildman–Crippen LogP) is 2.40. The van der Waals surface area contributed by atoms with Gasteiger partial charge in [0, 0.05) is 6.07 Å². The quantitative estimate of drug-likeness (QED) is 0.849. The van der Waals surface area contributed by atoms with Crippen LogP contribution in [-0.2, 0) is 0 Å². The SMILES string of the molecule is COc1cc(Cl)nc(NC(=O)c2ccc(C)cc2O)n1. The third kappa shape index (κ3) is 3.16. The number of hydrogen-bond donors (Lipinski definition) is 2. The number of benzene rings is 1. The Morgan fingerprint density at radius 2 is 2.10 bits per heavy atom. The number of phenols is 1. The Balaban J connectivity index is 2.25. The van der Waals surface area contributed by atoms with Crippen molar-refractivity contribution in [2.45, 2.75) is 6.92 Å². The molecule has 0 radical (unpaired) electrons. The number of phenolic OH excluding ortho intramolecular Hbond substituents is 1. The Bertz CT molecular complexity index is 661. The maximum atomic E-state index is 12.0. The average molecular weight is 294 g/mol. The van der Waals surface area contributed by atoms with E-state index < -0.39 is 5.91 Å². The smallest absolute Gasteiger partial charge is 0.261 e. The molecule has 0 atom stereocenters. The molecule has 0 spiro atoms. The highest BCUT2D eigenvalue weighted by atomic mass is 35.5. The van der Waals surface area contributed by atoms with Crippen LogP contribution in [0.1, 0.15) is 15.9 Å². The van der Waals surface area contributed by atoms with Crippen molar-refractivity contribution in [3.05, 3.63) is 40.5 Å². The molecular formula is C13H12ClN3O3. The number of amides is 1. The zero-order chi connectivity index (χ0) is 14.7. The molecule has 0 aliphatic rings. The summed E-state index contributed by atoms with van der Waals surface area (Å²) in [5.41, 5.74) is 0.970. The summed E-state index contributed by atoms with van der Waals surface area (Å²) in [4.78, 5) is 19.8. The van der Waals surface area contributed by atoms with Crippen LogP contribution in [0.3, 0.4) is 0 Å². The number of aromatic nitrogens is 2. The van der Waals surface area contributed by atoms with E-state index in [-0.39, 0.29) is 28.3 Å². The fourth-order valence-corrected chi connectivity index (χ4v) is 1.73. The molecule has 0 saturated carbocycles. The van der Waals surface area contributed by atoms with Gasteiger partial charge >= 0.3 is 0 Å². The summed E-state index contributed by atoms with van der Waals surface area (Å²) >= 11 is 5.78. The second-order valence-corrected chi connectivity index (χ2v) is 4.42. The molecule has 2 N–H and O–H groups in total. The number of aryl methyl sites for hydroxylation is 1. The van der Waals surface area contributed by atoms with Crippen LogP contribution in [0.15, 0.2) is 24.3 Å². The third-order valence-corrected chi connectivity index (χ3v) is 2.70. The van der Waals surface area contributed by atoms with Crippen molar-refractivity contribution in [2.24, 2.45) is 0 Å². The topological polar surface area (TPSA) is 84.3 Å². The minimum absolute atomic E-state index is 0.000625. The molecule has 6 nitrogen and oxygen atoms in total. The molecule has 1 aromatic carbocycles. The number of nitrogens with one attached hydrogen (secondary N) is 1. The first-order valence-corrected chi connectivity index (χ1v) is 6.07. The lowest BCUT2D eigenvalue weighted by molar-refractivity contribution is 0.102. The molecule has 7 heteroatoms. The van der Waals surface area contributed by atoms with Crippen LogP contribution in [0.5, 0.6) is 11.6 Å². The van der Waals surface area contributed by atoms with Gasteiger partial charge in [-0.3, -0.25) is 10.1 Å². The molecule has 0 unspecified atom stereocenters. The van der Waals surface area contributed by atoms with E-state index >= 15 is 0 Å². The van der Waals surface area contributed by atoms with Crippen molar-refractivity contribution in [3.8, 4) is 11.6 Å². The van der Waals surface area contributed by atoms with Gasteiger partial charge in [0.15, 0.2) is 0 Å². The van der Waals surface area contributed by atoms with E-state index in [0.717, 1.165) is 5.56 Å². The molecule has 2 aromatic rings. The lowest BCUT2D eigenvalue weighted by atomic mass is 10.1. The lowest BCUT2D eigenvalue weighted by Gasteiger charge is -2.07. The number of anilines is 1. The van der Waals surface area contributed by atoms with Gasteiger partial charge in [0.1, 0.15) is 10.9 Å². The predicted molar refractivity (Wildman–Crippen MR) is 74.4 cm³/mol. The maximum absolute atomic E-state index is 12.0. The van der Waals surface area contributed by atoms with Crippen molar-refractivity contribution in [3.63, 3.8) is 0 Å². The van der Waals surface area contributed by atoms with E-state index in [1.165, 1.54) is 25.3 Å². The van der Waals surface area contributed by atoms with Crippen molar-refractivity contribution in [1.82, 2.24) is 9.97 Å². The summed E-state index contributed by atoms with van der Waals surface area (Å²) in [6, 6.07) is 6.14. The van der Waals surface area contributed by atoms with E-state index in [2.05, 4.69) is 15.3 Å². The minimum atomic E-state index is -0.535. The molecule has 20 heavy (non-hydrogen) atoms. The highest BCUT2D eigenvalue weighted by molar-refractivity contribution is 6.29. The van der Waals surface area contributed by atoms with Gasteiger partial charge in [-0.15, -0.1) is 0 Å². The first-order chi connectivity index (χ1) is 9.49. The molecule has 0 aliphatic carbocycles. The Labute approximate surface area is 120 Å². The summed E-state index contributed by atoms with van der Waals surface area (Å²) in [5, 5.41) is 12.3. The van der Waals surface area contributed by atoms with Gasteiger partial charge in [-0.25, -0.2) is 4.98 Å². The minimum Gasteiger partial charge on any atom is -0.507 e. The number of halogens is 1. The second kappa shape index (κ2) is 5.75. The molecule has 0 fully saturated rings. The first-order valence-electron chi connectivity index (χ1n) is 5.69. The molecular weight excluding hydrogens is 282 g/mol. The Morgan fingerprint density at radius 1 is 1.35 bits per heavy atom. The number of aromatic hydroxyl groups is 1. The van der Waals surface area contributed by atoms with Gasteiger partial charge in [-0.1, -0.05) is 17.7 Å². The van der Waals surface area contributed by atoms with Crippen LogP contribution in [0, 0.1) is 6.92 Å². The van der Waals surface area contributed by atoms with Crippen LogP contribution in [-0.4, -0.2) is 28.1 Å². The summed E-state index contributed by atoms with van der Waals surface area (Å²) in [6.07, 6.45) is 0. The van der Waals surface area contributed by atoms with Crippen LogP contribution < -0.4 is 10.1 Å². The lowest BCUT2D eigenvalue weighted by Crippen LogP contribution is -2.14. The Hall–Kier alpha value is -2.34. The van der Waals surface area contributed by atoms with Crippen LogP contribution in [0.2, 0.25) is 5.15 Å². The average Bonchev–Trinajstić information content (AvgIpc) is 2.37. The second-order valence-electron chi connectivity index (χ2n) is 4.03. The number of carbonyl (C=O) groups excluding carboxylic acids is 1. The first kappa shape index (κ1) is 14.1. The van der Waals surface area contributed by atoms with Gasteiger partial charge < -0.3 is 9.84 Å². The van der Waals surface area contributed by atoms with E-state index in [1.807, 2.05) is 6.92 Å². The number of carbonyl (C=O) groups is 1. The van der Waals surface area contributed by atoms with E-state index in [0.29, 0.717) is 0 Å². The van der Waals surface area contributed by atoms with E-state index in [4.69, 9.17) is 16.3 Å². The highest BCUT2D eigenvalue weighted by Gasteiger charge is 2.13. The zero-order valence-corrected chi connectivity index (χ0v) is 11.6. The molecule has 0 bridgehead atoms. The zero-order valence-electron chi connectivity index (χ0n) is 10.8. The number of rotatable bonds is 3. The van der Waals surface area contributed by atoms with Crippen molar-refractivity contribution in [2.75, 3.05) is 12.4 Å². The van der Waals surface area contributed by atoms with E-state index in [9.17, 15) is 9.90 Å². The monoisotopic (exact) mass is 293 g/mol. The summed E-state index contributed by atoms with van der Waals surface area (Å²) < 4.78 is 4.93. The van der Waals surface area contributed by atoms with Crippen molar-refractivity contribution >= 4 is 23.5 Å². The van der Waals surface area contributed by atoms with E-state index in [1.54, 1.807) is 6.07 Å². The molecule has 0 aliphatic heterocycles. The standard InChI is InChI=1S/C13H12ClN3O3/c1-7-3-4-8(9(18)5-7)12(19)17-13-15-10(14)6-11(16-13)20-2/h3-6,18H,1-2H3,(H,15,16,17,19). The van der Waals surface area contributed by atoms with Gasteiger partial charge in [0.05, 0.1) is 12.7 Å². The Kier molecular flexibility index (Phi) is 4.05. The highest BCUT2D eigenvalue weighted by Crippen LogP contribution is 2.20. The molecule has 1 heterocycles. The van der Waals surface area contributed by atoms with Gasteiger partial charge in [0.2, 0.25) is 11.8 Å². The number of hydrogen-bond acceptors (Lipinski definition) is 5. The summed E-state index contributed by atoms with van der Waals surface area (Å²) in [6.45, 7) is 1.81. The summed E-state index contributed by atoms with van der Waals surface area (Å²) in [7, 11) is 1.43. The summed E-state index contributed by atoms with van der Waals surface area (Å²) in [5.74, 6) is -0.420. The number of ether oxygens (including phenoxy) is 1. The van der Waals surface area contributed by atoms with Crippen LogP contribution in [0.4, 0.5) is 5.95 Å². The maximum Gasteiger partial charge on any atom is 0.261 e. The normalized spacial score (nSPS) is 10.2. The Morgan fingerprint density at radius 3 is 2.75 bits per heavy atom. The fraction of sp³-hybridized carbons (Fsp3) is 0.154. The van der Waals surface area contributed by atoms with Gasteiger partial charge in [0.25, 0.3) is 5.91 Å². The number of nitrogens with zero attached hydrogens (tertiary/aromatic N) is 2. The molecule has 104 valence electrons. The fourth-order valence-electron chi connectivity index (χ4n) is 1.56.